The molecule has 3 unspecified atom stereocenters. The SMILES string of the molecule is CC(C)(C)C1CCC(O)C(N2CCOCC2(C)C)C1. The molecule has 0 spiro atoms. The van der Waals surface area contributed by atoms with E-state index in [2.05, 4.69) is 39.5 Å². The molecule has 1 N–H and O–H groups in total. The lowest BCUT2D eigenvalue weighted by Crippen LogP contribution is -2.61. The first kappa shape index (κ1) is 15.3. The van der Waals surface area contributed by atoms with Crippen molar-refractivity contribution >= 4 is 0 Å². The first-order valence-corrected chi connectivity index (χ1v) is 7.74. The predicted octanol–water partition coefficient (Wildman–Crippen LogP) is 2.67. The van der Waals surface area contributed by atoms with Gasteiger partial charge in [-0.05, 0) is 44.4 Å². The predicted molar refractivity (Wildman–Crippen MR) is 78.2 cm³/mol. The van der Waals surface area contributed by atoms with E-state index in [1.165, 1.54) is 0 Å². The molecule has 2 aliphatic rings. The Morgan fingerprint density at radius 2 is 1.89 bits per heavy atom. The van der Waals surface area contributed by atoms with E-state index in [1.54, 1.807) is 0 Å². The third-order valence-electron chi connectivity index (χ3n) is 5.12. The second kappa shape index (κ2) is 5.34. The number of aliphatic hydroxyl groups is 1. The molecule has 1 aliphatic heterocycles. The van der Waals surface area contributed by atoms with Gasteiger partial charge in [0.15, 0.2) is 0 Å². The molecule has 1 aliphatic carbocycles. The quantitative estimate of drug-likeness (QED) is 0.794. The number of hydrogen-bond donors (Lipinski definition) is 1. The minimum atomic E-state index is -0.170. The molecular formula is C16H31NO2. The van der Waals surface area contributed by atoms with Gasteiger partial charge >= 0.3 is 0 Å². The summed E-state index contributed by atoms with van der Waals surface area (Å²) < 4.78 is 5.61. The van der Waals surface area contributed by atoms with Gasteiger partial charge in [0, 0.05) is 18.1 Å². The second-order valence-corrected chi connectivity index (χ2v) is 8.07. The van der Waals surface area contributed by atoms with E-state index >= 15 is 0 Å². The molecule has 3 heteroatoms. The van der Waals surface area contributed by atoms with Crippen molar-refractivity contribution < 1.29 is 9.84 Å². The largest absolute Gasteiger partial charge is 0.391 e. The summed E-state index contributed by atoms with van der Waals surface area (Å²) in [4.78, 5) is 2.50. The minimum Gasteiger partial charge on any atom is -0.391 e. The van der Waals surface area contributed by atoms with E-state index in [0.29, 0.717) is 17.4 Å². The highest BCUT2D eigenvalue weighted by molar-refractivity contribution is 4.96. The Balaban J connectivity index is 2.12. The van der Waals surface area contributed by atoms with Crippen LogP contribution >= 0.6 is 0 Å². The zero-order valence-electron chi connectivity index (χ0n) is 13.3. The van der Waals surface area contributed by atoms with Crippen LogP contribution in [0.15, 0.2) is 0 Å². The van der Waals surface area contributed by atoms with Gasteiger partial charge < -0.3 is 9.84 Å². The number of ether oxygens (including phenoxy) is 1. The van der Waals surface area contributed by atoms with Crippen molar-refractivity contribution in [1.82, 2.24) is 4.90 Å². The van der Waals surface area contributed by atoms with E-state index in [1.807, 2.05) is 0 Å². The lowest BCUT2D eigenvalue weighted by Gasteiger charge is -2.51. The molecule has 0 aromatic carbocycles. The van der Waals surface area contributed by atoms with E-state index in [9.17, 15) is 5.11 Å². The summed E-state index contributed by atoms with van der Waals surface area (Å²) >= 11 is 0. The molecule has 1 saturated carbocycles. The van der Waals surface area contributed by atoms with Crippen LogP contribution < -0.4 is 0 Å². The molecule has 2 rings (SSSR count). The molecule has 0 bridgehead atoms. The van der Waals surface area contributed by atoms with Crippen LogP contribution in [0.2, 0.25) is 0 Å². The monoisotopic (exact) mass is 269 g/mol. The zero-order chi connectivity index (χ0) is 14.3. The highest BCUT2D eigenvalue weighted by Crippen LogP contribution is 2.41. The average molecular weight is 269 g/mol. The average Bonchev–Trinajstić information content (AvgIpc) is 2.28. The van der Waals surface area contributed by atoms with Gasteiger partial charge in [-0.1, -0.05) is 20.8 Å². The minimum absolute atomic E-state index is 0.0453. The fraction of sp³-hybridized carbons (Fsp3) is 1.00. The Labute approximate surface area is 118 Å². The Morgan fingerprint density at radius 1 is 1.21 bits per heavy atom. The van der Waals surface area contributed by atoms with Crippen LogP contribution in [0.4, 0.5) is 0 Å². The third-order valence-corrected chi connectivity index (χ3v) is 5.12. The van der Waals surface area contributed by atoms with Crippen molar-refractivity contribution in [2.24, 2.45) is 11.3 Å². The Morgan fingerprint density at radius 3 is 2.47 bits per heavy atom. The van der Waals surface area contributed by atoms with Crippen molar-refractivity contribution in [1.29, 1.82) is 0 Å². The van der Waals surface area contributed by atoms with Crippen LogP contribution in [0, 0.1) is 11.3 Å². The summed E-state index contributed by atoms with van der Waals surface area (Å²) in [7, 11) is 0. The maximum atomic E-state index is 10.5. The highest BCUT2D eigenvalue weighted by atomic mass is 16.5. The van der Waals surface area contributed by atoms with E-state index in [-0.39, 0.29) is 11.6 Å². The van der Waals surface area contributed by atoms with Crippen LogP contribution in [0.1, 0.15) is 53.9 Å². The number of aliphatic hydroxyl groups excluding tert-OH is 1. The number of rotatable bonds is 1. The normalized spacial score (nSPS) is 37.3. The van der Waals surface area contributed by atoms with Gasteiger partial charge in [-0.15, -0.1) is 0 Å². The van der Waals surface area contributed by atoms with Gasteiger partial charge in [0.25, 0.3) is 0 Å². The summed E-state index contributed by atoms with van der Waals surface area (Å²) in [5.74, 6) is 0.708. The van der Waals surface area contributed by atoms with Crippen LogP contribution in [0.5, 0.6) is 0 Å². The molecule has 19 heavy (non-hydrogen) atoms. The van der Waals surface area contributed by atoms with Crippen LogP contribution in [0.3, 0.4) is 0 Å². The van der Waals surface area contributed by atoms with Gasteiger partial charge in [0.05, 0.1) is 19.3 Å². The van der Waals surface area contributed by atoms with Gasteiger partial charge in [0.2, 0.25) is 0 Å². The summed E-state index contributed by atoms with van der Waals surface area (Å²) in [6.45, 7) is 14.0. The van der Waals surface area contributed by atoms with Crippen molar-refractivity contribution in [3.05, 3.63) is 0 Å². The Hall–Kier alpha value is -0.120. The summed E-state index contributed by atoms with van der Waals surface area (Å²) in [6.07, 6.45) is 3.05. The zero-order valence-corrected chi connectivity index (χ0v) is 13.3. The molecule has 3 atom stereocenters. The van der Waals surface area contributed by atoms with Crippen LogP contribution in [0.25, 0.3) is 0 Å². The highest BCUT2D eigenvalue weighted by Gasteiger charge is 2.43. The number of hydrogen-bond acceptors (Lipinski definition) is 3. The van der Waals surface area contributed by atoms with Crippen molar-refractivity contribution in [2.75, 3.05) is 19.8 Å². The molecule has 2 fully saturated rings. The summed E-state index contributed by atoms with van der Waals surface area (Å²) in [6, 6.07) is 0.303. The van der Waals surface area contributed by atoms with Crippen LogP contribution in [-0.2, 0) is 4.74 Å². The van der Waals surface area contributed by atoms with Crippen LogP contribution in [-0.4, -0.2) is 47.4 Å². The molecule has 0 aromatic heterocycles. The van der Waals surface area contributed by atoms with Crippen molar-refractivity contribution in [3.8, 4) is 0 Å². The number of nitrogens with zero attached hydrogens (tertiary/aromatic N) is 1. The molecule has 0 amide bonds. The summed E-state index contributed by atoms with van der Waals surface area (Å²) in [5.41, 5.74) is 0.387. The molecule has 1 heterocycles. The van der Waals surface area contributed by atoms with Gasteiger partial charge in [-0.25, -0.2) is 0 Å². The maximum absolute atomic E-state index is 10.5. The third kappa shape index (κ3) is 3.32. The first-order chi connectivity index (χ1) is 8.72. The standard InChI is InChI=1S/C16H31NO2/c1-15(2,3)12-6-7-14(18)13(10-12)17-8-9-19-11-16(17,4)5/h12-14,18H,6-11H2,1-5H3. The molecule has 112 valence electrons. The van der Waals surface area contributed by atoms with Crippen molar-refractivity contribution in [3.63, 3.8) is 0 Å². The molecule has 0 aromatic rings. The van der Waals surface area contributed by atoms with Gasteiger partial charge in [-0.2, -0.15) is 0 Å². The van der Waals surface area contributed by atoms with Gasteiger partial charge in [-0.3, -0.25) is 4.90 Å². The number of morpholine rings is 1. The molecule has 3 nitrogen and oxygen atoms in total. The lowest BCUT2D eigenvalue weighted by atomic mass is 9.69. The van der Waals surface area contributed by atoms with Gasteiger partial charge in [0.1, 0.15) is 0 Å². The Kier molecular flexibility index (Phi) is 4.29. The topological polar surface area (TPSA) is 32.7 Å². The summed E-state index contributed by atoms with van der Waals surface area (Å²) in [5, 5.41) is 10.5. The fourth-order valence-electron chi connectivity index (χ4n) is 3.74. The second-order valence-electron chi connectivity index (χ2n) is 8.07. The molecule has 1 saturated heterocycles. The van der Waals surface area contributed by atoms with E-state index < -0.39 is 0 Å². The fourth-order valence-corrected chi connectivity index (χ4v) is 3.74. The first-order valence-electron chi connectivity index (χ1n) is 7.74. The molecular weight excluding hydrogens is 238 g/mol. The van der Waals surface area contributed by atoms with E-state index in [4.69, 9.17) is 4.74 Å². The van der Waals surface area contributed by atoms with E-state index in [0.717, 1.165) is 39.0 Å². The maximum Gasteiger partial charge on any atom is 0.0695 e. The Bertz CT molecular complexity index is 308. The molecule has 0 radical (unpaired) electrons. The smallest absolute Gasteiger partial charge is 0.0695 e. The lowest BCUT2D eigenvalue weighted by molar-refractivity contribution is -0.116. The van der Waals surface area contributed by atoms with Crippen molar-refractivity contribution in [2.45, 2.75) is 71.6 Å².